The summed E-state index contributed by atoms with van der Waals surface area (Å²) >= 11 is 0. The Hall–Kier alpha value is -0.900. The van der Waals surface area contributed by atoms with Crippen LogP contribution < -0.4 is 5.32 Å². The molecular formula is C17H26N2O. The van der Waals surface area contributed by atoms with Gasteiger partial charge in [-0.25, -0.2) is 0 Å². The first-order valence-corrected chi connectivity index (χ1v) is 7.87. The molecule has 0 aliphatic carbocycles. The lowest BCUT2D eigenvalue weighted by Crippen LogP contribution is -2.63. The molecule has 3 atom stereocenters. The van der Waals surface area contributed by atoms with Crippen LogP contribution in [-0.4, -0.2) is 43.3 Å². The number of ether oxygens (including phenoxy) is 1. The van der Waals surface area contributed by atoms with Gasteiger partial charge >= 0.3 is 0 Å². The highest BCUT2D eigenvalue weighted by atomic mass is 16.5. The summed E-state index contributed by atoms with van der Waals surface area (Å²) in [6, 6.07) is 12.1. The van der Waals surface area contributed by atoms with Crippen molar-refractivity contribution in [1.82, 2.24) is 10.2 Å². The standard InChI is InChI=1S/C17H26N2O/c1-3-15-11-18-17(2,14-7-5-4-6-8-14)13-19(15)16-9-10-20-12-16/h4-8,15-16,18H,3,9-13H2,1-2H3. The van der Waals surface area contributed by atoms with Crippen LogP contribution in [0, 0.1) is 0 Å². The van der Waals surface area contributed by atoms with Gasteiger partial charge in [0.25, 0.3) is 0 Å². The third kappa shape index (κ3) is 2.62. The Morgan fingerprint density at radius 1 is 1.35 bits per heavy atom. The second-order valence-electron chi connectivity index (χ2n) is 6.33. The topological polar surface area (TPSA) is 24.5 Å². The van der Waals surface area contributed by atoms with Gasteiger partial charge in [0.2, 0.25) is 0 Å². The molecule has 0 bridgehead atoms. The third-order valence-corrected chi connectivity index (χ3v) is 4.95. The average molecular weight is 274 g/mol. The maximum Gasteiger partial charge on any atom is 0.0622 e. The number of benzene rings is 1. The Morgan fingerprint density at radius 2 is 2.15 bits per heavy atom. The second kappa shape index (κ2) is 5.84. The Kier molecular flexibility index (Phi) is 4.11. The predicted molar refractivity (Wildman–Crippen MR) is 81.8 cm³/mol. The zero-order chi connectivity index (χ0) is 14.0. The molecule has 0 aromatic heterocycles. The molecule has 3 unspecified atom stereocenters. The predicted octanol–water partition coefficient (Wildman–Crippen LogP) is 2.37. The van der Waals surface area contributed by atoms with Crippen molar-refractivity contribution in [3.63, 3.8) is 0 Å². The molecule has 3 heteroatoms. The van der Waals surface area contributed by atoms with Crippen molar-refractivity contribution in [3.8, 4) is 0 Å². The molecule has 1 N–H and O–H groups in total. The highest BCUT2D eigenvalue weighted by Crippen LogP contribution is 2.30. The van der Waals surface area contributed by atoms with Gasteiger partial charge in [-0.15, -0.1) is 0 Å². The molecule has 0 radical (unpaired) electrons. The summed E-state index contributed by atoms with van der Waals surface area (Å²) in [5.74, 6) is 0. The van der Waals surface area contributed by atoms with Crippen molar-refractivity contribution >= 4 is 0 Å². The first kappa shape index (κ1) is 14.1. The average Bonchev–Trinajstić information content (AvgIpc) is 3.02. The molecule has 2 aliphatic heterocycles. The molecule has 110 valence electrons. The van der Waals surface area contributed by atoms with Gasteiger partial charge in [0.1, 0.15) is 0 Å². The minimum Gasteiger partial charge on any atom is -0.380 e. The van der Waals surface area contributed by atoms with E-state index >= 15 is 0 Å². The molecule has 1 aromatic rings. The van der Waals surface area contributed by atoms with Crippen molar-refractivity contribution in [3.05, 3.63) is 35.9 Å². The number of piperazine rings is 1. The van der Waals surface area contributed by atoms with Crippen LogP contribution in [0.3, 0.4) is 0 Å². The van der Waals surface area contributed by atoms with Gasteiger partial charge in [-0.1, -0.05) is 37.3 Å². The summed E-state index contributed by atoms with van der Waals surface area (Å²) in [5, 5.41) is 3.78. The SMILES string of the molecule is CCC1CNC(C)(c2ccccc2)CN1C1CCOC1. The van der Waals surface area contributed by atoms with Crippen molar-refractivity contribution in [1.29, 1.82) is 0 Å². The van der Waals surface area contributed by atoms with Crippen LogP contribution >= 0.6 is 0 Å². The van der Waals surface area contributed by atoms with Crippen LogP contribution in [0.2, 0.25) is 0 Å². The molecule has 2 heterocycles. The van der Waals surface area contributed by atoms with E-state index in [0.717, 1.165) is 26.3 Å². The minimum absolute atomic E-state index is 0.0511. The van der Waals surface area contributed by atoms with E-state index in [0.29, 0.717) is 12.1 Å². The fourth-order valence-corrected chi connectivity index (χ4v) is 3.60. The van der Waals surface area contributed by atoms with Crippen LogP contribution in [0.15, 0.2) is 30.3 Å². The first-order chi connectivity index (χ1) is 9.73. The van der Waals surface area contributed by atoms with Gasteiger partial charge in [0, 0.05) is 31.8 Å². The molecule has 2 saturated heterocycles. The van der Waals surface area contributed by atoms with E-state index in [1.54, 1.807) is 0 Å². The number of nitrogens with zero attached hydrogens (tertiary/aromatic N) is 1. The lowest BCUT2D eigenvalue weighted by molar-refractivity contribution is 0.0379. The Balaban J connectivity index is 1.81. The summed E-state index contributed by atoms with van der Waals surface area (Å²) in [4.78, 5) is 2.69. The number of hydrogen-bond donors (Lipinski definition) is 1. The molecule has 20 heavy (non-hydrogen) atoms. The van der Waals surface area contributed by atoms with Gasteiger partial charge in [0.05, 0.1) is 12.1 Å². The number of nitrogens with one attached hydrogen (secondary N) is 1. The summed E-state index contributed by atoms with van der Waals surface area (Å²) in [5.41, 5.74) is 1.44. The smallest absolute Gasteiger partial charge is 0.0622 e. The van der Waals surface area contributed by atoms with Crippen LogP contribution in [-0.2, 0) is 10.3 Å². The highest BCUT2D eigenvalue weighted by Gasteiger charge is 2.40. The first-order valence-electron chi connectivity index (χ1n) is 7.87. The fraction of sp³-hybridized carbons (Fsp3) is 0.647. The van der Waals surface area contributed by atoms with Crippen LogP contribution in [0.4, 0.5) is 0 Å². The molecule has 0 amide bonds. The van der Waals surface area contributed by atoms with Crippen LogP contribution in [0.25, 0.3) is 0 Å². The molecule has 3 rings (SSSR count). The maximum atomic E-state index is 5.61. The Morgan fingerprint density at radius 3 is 2.80 bits per heavy atom. The second-order valence-corrected chi connectivity index (χ2v) is 6.33. The van der Waals surface area contributed by atoms with E-state index in [1.807, 2.05) is 0 Å². The van der Waals surface area contributed by atoms with E-state index in [2.05, 4.69) is 54.4 Å². The Bertz CT molecular complexity index is 428. The van der Waals surface area contributed by atoms with Gasteiger partial charge < -0.3 is 10.1 Å². The van der Waals surface area contributed by atoms with Crippen molar-refractivity contribution < 1.29 is 4.74 Å². The van der Waals surface area contributed by atoms with Crippen molar-refractivity contribution in [2.45, 2.75) is 44.3 Å². The quantitative estimate of drug-likeness (QED) is 0.916. The summed E-state index contributed by atoms with van der Waals surface area (Å²) < 4.78 is 5.61. The maximum absolute atomic E-state index is 5.61. The van der Waals surface area contributed by atoms with Gasteiger partial charge in [-0.2, -0.15) is 0 Å². The summed E-state index contributed by atoms with van der Waals surface area (Å²) in [6.07, 6.45) is 2.38. The normalized spacial score (nSPS) is 35.3. The fourth-order valence-electron chi connectivity index (χ4n) is 3.60. The minimum atomic E-state index is 0.0511. The zero-order valence-corrected chi connectivity index (χ0v) is 12.6. The van der Waals surface area contributed by atoms with Crippen LogP contribution in [0.5, 0.6) is 0 Å². The van der Waals surface area contributed by atoms with Gasteiger partial charge in [-0.3, -0.25) is 4.90 Å². The summed E-state index contributed by atoms with van der Waals surface area (Å²) in [6.45, 7) is 8.59. The van der Waals surface area contributed by atoms with Crippen molar-refractivity contribution in [2.75, 3.05) is 26.3 Å². The van der Waals surface area contributed by atoms with Crippen molar-refractivity contribution in [2.24, 2.45) is 0 Å². The van der Waals surface area contributed by atoms with Gasteiger partial charge in [0.15, 0.2) is 0 Å². The molecule has 0 saturated carbocycles. The number of rotatable bonds is 3. The van der Waals surface area contributed by atoms with Gasteiger partial charge in [-0.05, 0) is 25.3 Å². The largest absolute Gasteiger partial charge is 0.380 e. The summed E-state index contributed by atoms with van der Waals surface area (Å²) in [7, 11) is 0. The molecular weight excluding hydrogens is 248 g/mol. The molecule has 1 aromatic carbocycles. The highest BCUT2D eigenvalue weighted by molar-refractivity contribution is 5.25. The Labute approximate surface area is 122 Å². The number of hydrogen-bond acceptors (Lipinski definition) is 3. The zero-order valence-electron chi connectivity index (χ0n) is 12.6. The molecule has 3 nitrogen and oxygen atoms in total. The molecule has 2 aliphatic rings. The molecule has 2 fully saturated rings. The van der Waals surface area contributed by atoms with E-state index in [1.165, 1.54) is 18.4 Å². The monoisotopic (exact) mass is 274 g/mol. The van der Waals surface area contributed by atoms with E-state index < -0.39 is 0 Å². The van der Waals surface area contributed by atoms with E-state index in [4.69, 9.17) is 4.74 Å². The lowest BCUT2D eigenvalue weighted by atomic mass is 9.87. The lowest BCUT2D eigenvalue weighted by Gasteiger charge is -2.48. The van der Waals surface area contributed by atoms with Crippen LogP contribution in [0.1, 0.15) is 32.3 Å². The van der Waals surface area contributed by atoms with E-state index in [-0.39, 0.29) is 5.54 Å². The van der Waals surface area contributed by atoms with E-state index in [9.17, 15) is 0 Å². The molecule has 0 spiro atoms. The third-order valence-electron chi connectivity index (χ3n) is 4.95.